The van der Waals surface area contributed by atoms with Crippen LogP contribution in [0, 0.1) is 0 Å². The molecule has 342 valence electrons. The Morgan fingerprint density at radius 2 is 0.845 bits per heavy atom. The van der Waals surface area contributed by atoms with Crippen LogP contribution in [0.5, 0.6) is 0 Å². The first-order valence-corrected chi connectivity index (χ1v) is 25.6. The van der Waals surface area contributed by atoms with Crippen molar-refractivity contribution in [3.05, 3.63) is 24.3 Å². The third kappa shape index (κ3) is 43.9. The SMILES string of the molecule is CCCCCCCCCCCCCCCCCCCC(=O)OCCCCC/C=C\C=C/CCCCCCCCC(=O)NC(CO)C(O)CCCCCCCCCCC. The van der Waals surface area contributed by atoms with Gasteiger partial charge in [0, 0.05) is 12.8 Å². The van der Waals surface area contributed by atoms with Crippen LogP contribution >= 0.6 is 0 Å². The predicted molar refractivity (Wildman–Crippen MR) is 250 cm³/mol. The largest absolute Gasteiger partial charge is 0.466 e. The Balaban J connectivity index is 3.48. The zero-order valence-corrected chi connectivity index (χ0v) is 38.8. The van der Waals surface area contributed by atoms with Gasteiger partial charge in [-0.2, -0.15) is 0 Å². The summed E-state index contributed by atoms with van der Waals surface area (Å²) in [4.78, 5) is 24.4. The molecule has 0 aliphatic heterocycles. The van der Waals surface area contributed by atoms with E-state index in [1.165, 1.54) is 161 Å². The Labute approximate surface area is 361 Å². The van der Waals surface area contributed by atoms with E-state index in [-0.39, 0.29) is 18.5 Å². The highest BCUT2D eigenvalue weighted by molar-refractivity contribution is 5.76. The van der Waals surface area contributed by atoms with Crippen molar-refractivity contribution in [2.45, 2.75) is 283 Å². The summed E-state index contributed by atoms with van der Waals surface area (Å²) in [6.07, 6.45) is 55.9. The lowest BCUT2D eigenvalue weighted by atomic mass is 10.0. The molecule has 0 aliphatic carbocycles. The van der Waals surface area contributed by atoms with Crippen molar-refractivity contribution in [3.8, 4) is 0 Å². The molecule has 0 aromatic heterocycles. The molecule has 0 fully saturated rings. The molecule has 6 heteroatoms. The van der Waals surface area contributed by atoms with Crippen molar-refractivity contribution in [2.75, 3.05) is 13.2 Å². The number of amides is 1. The van der Waals surface area contributed by atoms with Gasteiger partial charge in [0.2, 0.25) is 5.91 Å². The molecule has 0 saturated carbocycles. The summed E-state index contributed by atoms with van der Waals surface area (Å²) in [6, 6.07) is -0.555. The zero-order chi connectivity index (χ0) is 42.3. The van der Waals surface area contributed by atoms with Crippen molar-refractivity contribution in [1.29, 1.82) is 0 Å². The van der Waals surface area contributed by atoms with Crippen LogP contribution in [0.15, 0.2) is 24.3 Å². The molecule has 2 atom stereocenters. The topological polar surface area (TPSA) is 95.9 Å². The van der Waals surface area contributed by atoms with E-state index in [4.69, 9.17) is 4.74 Å². The number of aliphatic hydroxyl groups is 2. The second-order valence-electron chi connectivity index (χ2n) is 17.5. The van der Waals surface area contributed by atoms with Crippen molar-refractivity contribution >= 4 is 11.9 Å². The van der Waals surface area contributed by atoms with E-state index in [1.54, 1.807) is 0 Å². The third-order valence-corrected chi connectivity index (χ3v) is 11.8. The van der Waals surface area contributed by atoms with Gasteiger partial charge in [-0.3, -0.25) is 9.59 Å². The molecule has 0 bridgehead atoms. The molecule has 0 rings (SSSR count). The molecular formula is C52H99NO5. The molecule has 0 aliphatic rings. The number of nitrogens with one attached hydrogen (secondary N) is 1. The number of hydrogen-bond donors (Lipinski definition) is 3. The molecule has 0 spiro atoms. The number of ether oxygens (including phenoxy) is 1. The van der Waals surface area contributed by atoms with E-state index in [9.17, 15) is 19.8 Å². The number of unbranched alkanes of at least 4 members (excludes halogenated alkanes) is 33. The monoisotopic (exact) mass is 818 g/mol. The third-order valence-electron chi connectivity index (χ3n) is 11.8. The number of carbonyl (C=O) groups excluding carboxylic acids is 2. The minimum atomic E-state index is -0.676. The van der Waals surface area contributed by atoms with E-state index < -0.39 is 12.1 Å². The van der Waals surface area contributed by atoms with E-state index in [1.807, 2.05) is 0 Å². The number of allylic oxidation sites excluding steroid dienone is 4. The second-order valence-corrected chi connectivity index (χ2v) is 17.5. The Morgan fingerprint density at radius 1 is 0.483 bits per heavy atom. The molecule has 3 N–H and O–H groups in total. The Bertz CT molecular complexity index is 904. The van der Waals surface area contributed by atoms with Gasteiger partial charge in [0.25, 0.3) is 0 Å². The standard InChI is InChI=1S/C52H99NO5/c1-3-5-7-9-11-13-14-15-16-17-20-23-26-30-34-38-42-46-52(57)58-47-43-39-35-31-27-24-21-18-19-22-25-29-33-37-41-45-51(56)53-49(48-54)50(55)44-40-36-32-28-12-10-8-6-4-2/h18,21,24,27,49-50,54-55H,3-17,19-20,22-23,25-26,28-48H2,1-2H3,(H,53,56)/b21-18-,27-24-. The molecule has 2 unspecified atom stereocenters. The lowest BCUT2D eigenvalue weighted by molar-refractivity contribution is -0.143. The number of carbonyl (C=O) groups is 2. The van der Waals surface area contributed by atoms with Crippen LogP contribution in [0.3, 0.4) is 0 Å². The minimum Gasteiger partial charge on any atom is -0.466 e. The van der Waals surface area contributed by atoms with Crippen molar-refractivity contribution < 1.29 is 24.5 Å². The average molecular weight is 818 g/mol. The molecule has 0 heterocycles. The average Bonchev–Trinajstić information content (AvgIpc) is 3.22. The van der Waals surface area contributed by atoms with E-state index in [0.29, 0.717) is 25.9 Å². The molecule has 0 aromatic rings. The quantitative estimate of drug-likeness (QED) is 0.0323. The summed E-state index contributed by atoms with van der Waals surface area (Å²) in [5.74, 6) is -0.0784. The van der Waals surface area contributed by atoms with E-state index in [2.05, 4.69) is 43.5 Å². The Hall–Kier alpha value is -1.66. The molecule has 1 amide bonds. The molecular weight excluding hydrogens is 719 g/mol. The Kier molecular flexibility index (Phi) is 46.6. The van der Waals surface area contributed by atoms with Crippen LogP contribution in [-0.2, 0) is 14.3 Å². The molecule has 58 heavy (non-hydrogen) atoms. The first-order valence-electron chi connectivity index (χ1n) is 25.6. The summed E-state index contributed by atoms with van der Waals surface area (Å²) < 4.78 is 5.45. The van der Waals surface area contributed by atoms with Gasteiger partial charge in [0.1, 0.15) is 0 Å². The van der Waals surface area contributed by atoms with Gasteiger partial charge in [-0.05, 0) is 57.8 Å². The van der Waals surface area contributed by atoms with Crippen LogP contribution < -0.4 is 5.32 Å². The zero-order valence-electron chi connectivity index (χ0n) is 38.8. The van der Waals surface area contributed by atoms with Crippen LogP contribution in [0.2, 0.25) is 0 Å². The van der Waals surface area contributed by atoms with Gasteiger partial charge in [-0.15, -0.1) is 0 Å². The summed E-state index contributed by atoms with van der Waals surface area (Å²) in [5.41, 5.74) is 0. The van der Waals surface area contributed by atoms with Crippen LogP contribution in [-0.4, -0.2) is 47.4 Å². The predicted octanol–water partition coefficient (Wildman–Crippen LogP) is 15.1. The van der Waals surface area contributed by atoms with Crippen LogP contribution in [0.4, 0.5) is 0 Å². The van der Waals surface area contributed by atoms with Crippen LogP contribution in [0.25, 0.3) is 0 Å². The highest BCUT2D eigenvalue weighted by Gasteiger charge is 2.20. The van der Waals surface area contributed by atoms with Crippen LogP contribution in [0.1, 0.15) is 271 Å². The minimum absolute atomic E-state index is 0.0183. The van der Waals surface area contributed by atoms with Gasteiger partial charge in [-0.1, -0.05) is 224 Å². The fraction of sp³-hybridized carbons (Fsp3) is 0.885. The first kappa shape index (κ1) is 56.3. The normalized spacial score (nSPS) is 12.8. The number of aliphatic hydroxyl groups excluding tert-OH is 2. The van der Waals surface area contributed by atoms with Gasteiger partial charge in [0.15, 0.2) is 0 Å². The highest BCUT2D eigenvalue weighted by atomic mass is 16.5. The molecule has 0 aromatic carbocycles. The van der Waals surface area contributed by atoms with Crippen molar-refractivity contribution in [2.24, 2.45) is 0 Å². The van der Waals surface area contributed by atoms with Gasteiger partial charge < -0.3 is 20.3 Å². The second kappa shape index (κ2) is 48.0. The number of hydrogen-bond acceptors (Lipinski definition) is 5. The lowest BCUT2D eigenvalue weighted by Crippen LogP contribution is -2.45. The Morgan fingerprint density at radius 3 is 1.28 bits per heavy atom. The maximum atomic E-state index is 12.4. The van der Waals surface area contributed by atoms with Gasteiger partial charge in [0.05, 0.1) is 25.4 Å². The van der Waals surface area contributed by atoms with Gasteiger partial charge in [-0.25, -0.2) is 0 Å². The van der Waals surface area contributed by atoms with Gasteiger partial charge >= 0.3 is 5.97 Å². The summed E-state index contributed by atoms with van der Waals surface area (Å²) in [6.45, 7) is 4.88. The number of rotatable bonds is 47. The van der Waals surface area contributed by atoms with E-state index in [0.717, 1.165) is 77.0 Å². The fourth-order valence-corrected chi connectivity index (χ4v) is 7.81. The summed E-state index contributed by atoms with van der Waals surface area (Å²) in [5, 5.41) is 23.0. The highest BCUT2D eigenvalue weighted by Crippen LogP contribution is 2.16. The molecule has 0 saturated heterocycles. The number of esters is 1. The fourth-order valence-electron chi connectivity index (χ4n) is 7.81. The maximum Gasteiger partial charge on any atom is 0.305 e. The smallest absolute Gasteiger partial charge is 0.305 e. The van der Waals surface area contributed by atoms with Crippen molar-refractivity contribution in [1.82, 2.24) is 5.32 Å². The van der Waals surface area contributed by atoms with Crippen molar-refractivity contribution in [3.63, 3.8) is 0 Å². The first-order chi connectivity index (χ1) is 28.5. The maximum absolute atomic E-state index is 12.4. The van der Waals surface area contributed by atoms with E-state index >= 15 is 0 Å². The molecule has 6 nitrogen and oxygen atoms in total. The summed E-state index contributed by atoms with van der Waals surface area (Å²) in [7, 11) is 0. The lowest BCUT2D eigenvalue weighted by Gasteiger charge is -2.22. The molecule has 0 radical (unpaired) electrons. The summed E-state index contributed by atoms with van der Waals surface area (Å²) >= 11 is 0.